The van der Waals surface area contributed by atoms with E-state index in [-0.39, 0.29) is 11.9 Å². The first-order valence-corrected chi connectivity index (χ1v) is 14.6. The standard InChI is InChI=1S/C29H30Br2O6/c30-17-5-1-3-7-27(32)35-24-13-15-25(16-14-24)37-29(34)23-10-9-22-20-26(12-11-21(22)19-23)36-28(33)8-4-2-6-18-31/h9-16,19-20H,1-8,17-18H2. The first-order valence-electron chi connectivity index (χ1n) is 12.4. The summed E-state index contributed by atoms with van der Waals surface area (Å²) in [7, 11) is 0. The van der Waals surface area contributed by atoms with Gasteiger partial charge in [0, 0.05) is 23.5 Å². The number of benzene rings is 3. The van der Waals surface area contributed by atoms with Crippen LogP contribution in [0, 0.1) is 0 Å². The lowest BCUT2D eigenvalue weighted by molar-refractivity contribution is -0.135. The van der Waals surface area contributed by atoms with Crippen LogP contribution in [0.2, 0.25) is 0 Å². The van der Waals surface area contributed by atoms with Gasteiger partial charge >= 0.3 is 17.9 Å². The summed E-state index contributed by atoms with van der Waals surface area (Å²) < 4.78 is 16.2. The van der Waals surface area contributed by atoms with Crippen LogP contribution >= 0.6 is 31.9 Å². The molecular formula is C29H30Br2O6. The maximum absolute atomic E-state index is 12.7. The molecule has 0 aliphatic heterocycles. The average molecular weight is 634 g/mol. The van der Waals surface area contributed by atoms with Gasteiger partial charge < -0.3 is 14.2 Å². The third-order valence-corrected chi connectivity index (χ3v) is 6.70. The van der Waals surface area contributed by atoms with Crippen LogP contribution in [0.25, 0.3) is 10.8 Å². The number of ether oxygens (including phenoxy) is 3. The van der Waals surface area contributed by atoms with Crippen molar-refractivity contribution in [1.82, 2.24) is 0 Å². The van der Waals surface area contributed by atoms with Crippen molar-refractivity contribution in [2.45, 2.75) is 51.4 Å². The molecule has 6 nitrogen and oxygen atoms in total. The molecule has 37 heavy (non-hydrogen) atoms. The fraction of sp³-hybridized carbons (Fsp3) is 0.345. The summed E-state index contributed by atoms with van der Waals surface area (Å²) in [6.45, 7) is 0. The summed E-state index contributed by atoms with van der Waals surface area (Å²) in [5.74, 6) is 0.205. The topological polar surface area (TPSA) is 78.9 Å². The number of halogens is 2. The molecule has 3 aromatic rings. The van der Waals surface area contributed by atoms with E-state index in [0.717, 1.165) is 60.0 Å². The first-order chi connectivity index (χ1) is 18.0. The maximum Gasteiger partial charge on any atom is 0.343 e. The molecule has 0 aliphatic rings. The fourth-order valence-corrected chi connectivity index (χ4v) is 4.40. The molecule has 0 saturated carbocycles. The van der Waals surface area contributed by atoms with E-state index in [1.54, 1.807) is 54.6 Å². The van der Waals surface area contributed by atoms with Gasteiger partial charge in [0.05, 0.1) is 5.56 Å². The van der Waals surface area contributed by atoms with Gasteiger partial charge in [0.2, 0.25) is 0 Å². The maximum atomic E-state index is 12.7. The Labute approximate surface area is 233 Å². The van der Waals surface area contributed by atoms with Gasteiger partial charge in [-0.1, -0.05) is 56.8 Å². The van der Waals surface area contributed by atoms with Crippen LogP contribution in [0.3, 0.4) is 0 Å². The minimum absolute atomic E-state index is 0.250. The molecule has 3 aromatic carbocycles. The smallest absolute Gasteiger partial charge is 0.343 e. The van der Waals surface area contributed by atoms with E-state index in [9.17, 15) is 14.4 Å². The molecule has 3 rings (SSSR count). The van der Waals surface area contributed by atoms with E-state index in [0.29, 0.717) is 35.7 Å². The van der Waals surface area contributed by atoms with Crippen molar-refractivity contribution in [3.8, 4) is 17.2 Å². The average Bonchev–Trinajstić information content (AvgIpc) is 2.90. The number of rotatable bonds is 14. The SMILES string of the molecule is O=C(CCCCCBr)Oc1ccc(OC(=O)c2ccc3cc(OC(=O)CCCCCBr)ccc3c2)cc1. The van der Waals surface area contributed by atoms with Crippen molar-refractivity contribution in [3.63, 3.8) is 0 Å². The van der Waals surface area contributed by atoms with Crippen LogP contribution in [0.5, 0.6) is 17.2 Å². The summed E-state index contributed by atoms with van der Waals surface area (Å²) in [6.07, 6.45) is 6.35. The van der Waals surface area contributed by atoms with Crippen molar-refractivity contribution in [1.29, 1.82) is 0 Å². The van der Waals surface area contributed by atoms with Crippen LogP contribution in [0.4, 0.5) is 0 Å². The second kappa shape index (κ2) is 15.5. The molecule has 0 N–H and O–H groups in total. The molecule has 196 valence electrons. The van der Waals surface area contributed by atoms with E-state index in [1.807, 2.05) is 6.07 Å². The van der Waals surface area contributed by atoms with Crippen molar-refractivity contribution in [2.75, 3.05) is 10.7 Å². The van der Waals surface area contributed by atoms with Crippen LogP contribution in [0.1, 0.15) is 61.7 Å². The number of carbonyl (C=O) groups excluding carboxylic acids is 3. The number of hydrogen-bond donors (Lipinski definition) is 0. The van der Waals surface area contributed by atoms with E-state index in [4.69, 9.17) is 14.2 Å². The lowest BCUT2D eigenvalue weighted by Crippen LogP contribution is -2.09. The molecule has 0 unspecified atom stereocenters. The zero-order valence-corrected chi connectivity index (χ0v) is 23.7. The van der Waals surface area contributed by atoms with Crippen LogP contribution in [-0.4, -0.2) is 28.6 Å². The summed E-state index contributed by atoms with van der Waals surface area (Å²) in [5, 5.41) is 3.53. The number of carbonyl (C=O) groups is 3. The highest BCUT2D eigenvalue weighted by Crippen LogP contribution is 2.24. The normalized spacial score (nSPS) is 10.8. The van der Waals surface area contributed by atoms with Gasteiger partial charge in [0.25, 0.3) is 0 Å². The van der Waals surface area contributed by atoms with E-state index >= 15 is 0 Å². The van der Waals surface area contributed by atoms with Gasteiger partial charge in [0.15, 0.2) is 0 Å². The molecule has 0 spiro atoms. The Balaban J connectivity index is 1.53. The second-order valence-corrected chi connectivity index (χ2v) is 10.1. The Morgan fingerprint density at radius 1 is 0.541 bits per heavy atom. The molecule has 0 bridgehead atoms. The van der Waals surface area contributed by atoms with Crippen LogP contribution in [0.15, 0.2) is 60.7 Å². The third kappa shape index (κ3) is 9.93. The molecule has 8 heteroatoms. The van der Waals surface area contributed by atoms with Gasteiger partial charge in [-0.15, -0.1) is 0 Å². The van der Waals surface area contributed by atoms with Gasteiger partial charge in [-0.05, 0) is 85.0 Å². The number of hydrogen-bond acceptors (Lipinski definition) is 6. The summed E-state index contributed by atoms with van der Waals surface area (Å²) in [6, 6.07) is 16.9. The monoisotopic (exact) mass is 632 g/mol. The molecule has 0 radical (unpaired) electrons. The van der Waals surface area contributed by atoms with Crippen LogP contribution < -0.4 is 14.2 Å². The summed E-state index contributed by atoms with van der Waals surface area (Å²) in [4.78, 5) is 36.6. The number of fused-ring (bicyclic) bond motifs is 1. The van der Waals surface area contributed by atoms with Crippen molar-refractivity contribution in [3.05, 3.63) is 66.2 Å². The van der Waals surface area contributed by atoms with E-state index in [2.05, 4.69) is 31.9 Å². The molecule has 0 saturated heterocycles. The number of esters is 3. The first kappa shape index (κ1) is 28.9. The summed E-state index contributed by atoms with van der Waals surface area (Å²) in [5.41, 5.74) is 0.392. The fourth-order valence-electron chi connectivity index (χ4n) is 3.60. The van der Waals surface area contributed by atoms with Crippen molar-refractivity contribution >= 4 is 60.5 Å². The molecule has 0 aromatic heterocycles. The quantitative estimate of drug-likeness (QED) is 0.0781. The van der Waals surface area contributed by atoms with Gasteiger partial charge in [0.1, 0.15) is 17.2 Å². The predicted molar refractivity (Wildman–Crippen MR) is 151 cm³/mol. The zero-order chi connectivity index (χ0) is 26.5. The molecule has 0 atom stereocenters. The Bertz CT molecular complexity index is 1190. The van der Waals surface area contributed by atoms with Gasteiger partial charge in [-0.2, -0.15) is 0 Å². The largest absolute Gasteiger partial charge is 0.427 e. The Morgan fingerprint density at radius 3 is 1.62 bits per heavy atom. The van der Waals surface area contributed by atoms with Crippen molar-refractivity contribution < 1.29 is 28.6 Å². The summed E-state index contributed by atoms with van der Waals surface area (Å²) >= 11 is 6.75. The molecule has 0 heterocycles. The Kier molecular flexibility index (Phi) is 12.1. The lowest BCUT2D eigenvalue weighted by atomic mass is 10.1. The Morgan fingerprint density at radius 2 is 1.03 bits per heavy atom. The second-order valence-electron chi connectivity index (χ2n) is 8.53. The van der Waals surface area contributed by atoms with Gasteiger partial charge in [-0.25, -0.2) is 4.79 Å². The molecular weight excluding hydrogens is 604 g/mol. The van der Waals surface area contributed by atoms with E-state index in [1.165, 1.54) is 0 Å². The molecule has 0 amide bonds. The highest BCUT2D eigenvalue weighted by atomic mass is 79.9. The van der Waals surface area contributed by atoms with E-state index < -0.39 is 5.97 Å². The Hall–Kier alpha value is -2.71. The minimum atomic E-state index is -0.502. The zero-order valence-electron chi connectivity index (χ0n) is 20.5. The third-order valence-electron chi connectivity index (χ3n) is 5.57. The number of alkyl halides is 2. The minimum Gasteiger partial charge on any atom is -0.427 e. The lowest BCUT2D eigenvalue weighted by Gasteiger charge is -2.08. The van der Waals surface area contributed by atoms with Crippen LogP contribution in [-0.2, 0) is 9.59 Å². The number of unbranched alkanes of at least 4 members (excludes halogenated alkanes) is 4. The molecule has 0 fully saturated rings. The van der Waals surface area contributed by atoms with Crippen molar-refractivity contribution in [2.24, 2.45) is 0 Å². The molecule has 0 aliphatic carbocycles. The highest BCUT2D eigenvalue weighted by molar-refractivity contribution is 9.09. The predicted octanol–water partition coefficient (Wildman–Crippen LogP) is 7.78. The van der Waals surface area contributed by atoms with Gasteiger partial charge in [-0.3, -0.25) is 9.59 Å². The highest BCUT2D eigenvalue weighted by Gasteiger charge is 2.12.